The van der Waals surface area contributed by atoms with Gasteiger partial charge in [-0.15, -0.1) is 0 Å². The molecule has 0 spiro atoms. The molecule has 2 rings (SSSR count). The highest BCUT2D eigenvalue weighted by Crippen LogP contribution is 2.12. The smallest absolute Gasteiger partial charge is 0.322 e. The van der Waals surface area contributed by atoms with E-state index in [1.165, 1.54) is 0 Å². The van der Waals surface area contributed by atoms with E-state index in [-0.39, 0.29) is 11.3 Å². The zero-order chi connectivity index (χ0) is 13.0. The lowest BCUT2D eigenvalue weighted by molar-refractivity contribution is 0.312. The minimum atomic E-state index is 0.0971. The highest BCUT2D eigenvalue weighted by Gasteiger charge is 2.06. The topological polar surface area (TPSA) is 88.6 Å². The van der Waals surface area contributed by atoms with E-state index < -0.39 is 0 Å². The third-order valence-electron chi connectivity index (χ3n) is 2.23. The molecule has 0 fully saturated rings. The number of H-pyrrole nitrogens is 1. The summed E-state index contributed by atoms with van der Waals surface area (Å²) in [6.07, 6.45) is 1.74. The van der Waals surface area contributed by atoms with Crippen LogP contribution in [0, 0.1) is 6.92 Å². The van der Waals surface area contributed by atoms with Crippen LogP contribution in [0.5, 0.6) is 6.01 Å². The van der Waals surface area contributed by atoms with Gasteiger partial charge in [0.15, 0.2) is 0 Å². The van der Waals surface area contributed by atoms with Gasteiger partial charge in [-0.25, -0.2) is 0 Å². The number of anilines is 1. The van der Waals surface area contributed by atoms with Crippen molar-refractivity contribution in [2.24, 2.45) is 0 Å². The van der Waals surface area contributed by atoms with Gasteiger partial charge in [0.05, 0.1) is 12.8 Å². The molecule has 0 saturated heterocycles. The third kappa shape index (κ3) is 3.07. The molecule has 7 nitrogen and oxygen atoms in total. The van der Waals surface area contributed by atoms with Crippen LogP contribution in [0.2, 0.25) is 5.28 Å². The summed E-state index contributed by atoms with van der Waals surface area (Å²) in [7, 11) is 0. The second-order valence-corrected chi connectivity index (χ2v) is 3.86. The minimum Gasteiger partial charge on any atom is -0.464 e. The number of ether oxygens (including phenoxy) is 1. The monoisotopic (exact) mass is 268 g/mol. The summed E-state index contributed by atoms with van der Waals surface area (Å²) in [5, 5.41) is 9.92. The number of hydrogen-bond donors (Lipinski definition) is 2. The van der Waals surface area contributed by atoms with Crippen molar-refractivity contribution in [2.75, 3.05) is 11.9 Å². The van der Waals surface area contributed by atoms with Crippen LogP contribution >= 0.6 is 11.6 Å². The Kier molecular flexibility index (Phi) is 3.93. The average molecular weight is 269 g/mol. The molecule has 96 valence electrons. The largest absolute Gasteiger partial charge is 0.464 e. The lowest BCUT2D eigenvalue weighted by Crippen LogP contribution is -2.07. The Labute approximate surface area is 109 Å². The fraction of sp³-hybridized carbons (Fsp3) is 0.400. The number of halogens is 1. The summed E-state index contributed by atoms with van der Waals surface area (Å²) in [6, 6.07) is 0.212. The van der Waals surface area contributed by atoms with E-state index in [0.29, 0.717) is 19.1 Å². The molecule has 18 heavy (non-hydrogen) atoms. The first kappa shape index (κ1) is 12.6. The zero-order valence-electron chi connectivity index (χ0n) is 10.1. The van der Waals surface area contributed by atoms with Gasteiger partial charge in [0.1, 0.15) is 0 Å². The molecule has 8 heteroatoms. The predicted molar refractivity (Wildman–Crippen MR) is 66.7 cm³/mol. The van der Waals surface area contributed by atoms with E-state index in [9.17, 15) is 0 Å². The van der Waals surface area contributed by atoms with Gasteiger partial charge < -0.3 is 10.1 Å². The zero-order valence-corrected chi connectivity index (χ0v) is 10.8. The summed E-state index contributed by atoms with van der Waals surface area (Å²) < 4.78 is 5.18. The van der Waals surface area contributed by atoms with Gasteiger partial charge in [-0.2, -0.15) is 20.1 Å². The van der Waals surface area contributed by atoms with Crippen LogP contribution < -0.4 is 10.1 Å². The molecule has 2 aromatic rings. The molecule has 0 aliphatic carbocycles. The second kappa shape index (κ2) is 5.63. The number of hydrogen-bond acceptors (Lipinski definition) is 6. The Hall–Kier alpha value is -1.89. The quantitative estimate of drug-likeness (QED) is 0.856. The Balaban J connectivity index is 2.07. The molecule has 2 heterocycles. The number of aromatic nitrogens is 5. The van der Waals surface area contributed by atoms with Crippen molar-refractivity contribution >= 4 is 17.5 Å². The van der Waals surface area contributed by atoms with Gasteiger partial charge in [-0.1, -0.05) is 0 Å². The fourth-order valence-corrected chi connectivity index (χ4v) is 1.49. The molecule has 0 aromatic carbocycles. The van der Waals surface area contributed by atoms with Crippen molar-refractivity contribution in [3.05, 3.63) is 22.7 Å². The van der Waals surface area contributed by atoms with E-state index >= 15 is 0 Å². The highest BCUT2D eigenvalue weighted by atomic mass is 35.5. The number of rotatable bonds is 5. The highest BCUT2D eigenvalue weighted by molar-refractivity contribution is 6.28. The van der Waals surface area contributed by atoms with E-state index in [1.54, 1.807) is 6.20 Å². The van der Waals surface area contributed by atoms with Crippen LogP contribution in [0.4, 0.5) is 5.95 Å². The molecule has 2 aromatic heterocycles. The van der Waals surface area contributed by atoms with E-state index in [1.807, 2.05) is 13.8 Å². The first-order valence-corrected chi connectivity index (χ1v) is 5.84. The molecule has 2 N–H and O–H groups in total. The molecule has 0 amide bonds. The molecule has 0 saturated carbocycles. The third-order valence-corrected chi connectivity index (χ3v) is 2.40. The van der Waals surface area contributed by atoms with Crippen molar-refractivity contribution in [1.29, 1.82) is 0 Å². The summed E-state index contributed by atoms with van der Waals surface area (Å²) in [6.45, 7) is 4.81. The Morgan fingerprint density at radius 1 is 1.39 bits per heavy atom. The van der Waals surface area contributed by atoms with Crippen molar-refractivity contribution in [2.45, 2.75) is 20.4 Å². The Morgan fingerprint density at radius 3 is 2.89 bits per heavy atom. The molecule has 0 atom stereocenters. The van der Waals surface area contributed by atoms with E-state index in [4.69, 9.17) is 16.3 Å². The summed E-state index contributed by atoms with van der Waals surface area (Å²) in [5.74, 6) is 0.374. The molecule has 0 aliphatic heterocycles. The van der Waals surface area contributed by atoms with Gasteiger partial charge in [-0.3, -0.25) is 5.10 Å². The predicted octanol–water partition coefficient (Wildman–Crippen LogP) is 1.57. The maximum absolute atomic E-state index is 5.78. The average Bonchev–Trinajstić information content (AvgIpc) is 2.72. The number of aryl methyl sites for hydroxylation is 1. The fourth-order valence-electron chi connectivity index (χ4n) is 1.33. The van der Waals surface area contributed by atoms with Gasteiger partial charge in [0.25, 0.3) is 0 Å². The lowest BCUT2D eigenvalue weighted by Gasteiger charge is -2.06. The maximum atomic E-state index is 5.78. The summed E-state index contributed by atoms with van der Waals surface area (Å²) >= 11 is 5.78. The summed E-state index contributed by atoms with van der Waals surface area (Å²) in [5.41, 5.74) is 2.03. The lowest BCUT2D eigenvalue weighted by atomic mass is 10.3. The van der Waals surface area contributed by atoms with Crippen molar-refractivity contribution < 1.29 is 4.74 Å². The minimum absolute atomic E-state index is 0.0971. The van der Waals surface area contributed by atoms with Crippen LogP contribution in [0.15, 0.2) is 6.20 Å². The molecular weight excluding hydrogens is 256 g/mol. The Bertz CT molecular complexity index is 529. The van der Waals surface area contributed by atoms with Gasteiger partial charge in [0.2, 0.25) is 11.2 Å². The molecule has 0 bridgehead atoms. The molecule has 0 unspecified atom stereocenters. The SMILES string of the molecule is CCOc1nc(Cl)nc(NCc2cn[nH]c2C)n1. The number of aromatic amines is 1. The maximum Gasteiger partial charge on any atom is 0.322 e. The van der Waals surface area contributed by atoms with Crippen LogP contribution in [0.25, 0.3) is 0 Å². The standard InChI is InChI=1S/C10H13ClN6O/c1-3-18-10-15-8(11)14-9(16-10)12-4-7-5-13-17-6(7)2/h5H,3-4H2,1-2H3,(H,13,17)(H,12,14,15,16). The van der Waals surface area contributed by atoms with Crippen molar-refractivity contribution in [3.8, 4) is 6.01 Å². The first-order valence-electron chi connectivity index (χ1n) is 5.46. The number of nitrogens with one attached hydrogen (secondary N) is 2. The second-order valence-electron chi connectivity index (χ2n) is 3.52. The molecular formula is C10H13ClN6O. The van der Waals surface area contributed by atoms with Crippen LogP contribution in [-0.4, -0.2) is 31.8 Å². The number of nitrogens with zero attached hydrogens (tertiary/aromatic N) is 4. The van der Waals surface area contributed by atoms with Crippen LogP contribution in [0.3, 0.4) is 0 Å². The summed E-state index contributed by atoms with van der Waals surface area (Å²) in [4.78, 5) is 11.9. The van der Waals surface area contributed by atoms with E-state index in [0.717, 1.165) is 11.3 Å². The van der Waals surface area contributed by atoms with Gasteiger partial charge >= 0.3 is 6.01 Å². The first-order chi connectivity index (χ1) is 8.69. The Morgan fingerprint density at radius 2 is 2.22 bits per heavy atom. The van der Waals surface area contributed by atoms with Gasteiger partial charge in [-0.05, 0) is 25.4 Å². The molecule has 0 radical (unpaired) electrons. The van der Waals surface area contributed by atoms with Crippen molar-refractivity contribution in [1.82, 2.24) is 25.1 Å². The van der Waals surface area contributed by atoms with E-state index in [2.05, 4.69) is 30.5 Å². The van der Waals surface area contributed by atoms with Crippen molar-refractivity contribution in [3.63, 3.8) is 0 Å². The van der Waals surface area contributed by atoms with Gasteiger partial charge in [0, 0.05) is 17.8 Å². The molecule has 0 aliphatic rings. The van der Waals surface area contributed by atoms with Crippen LogP contribution in [-0.2, 0) is 6.54 Å². The normalized spacial score (nSPS) is 10.4. The van der Waals surface area contributed by atoms with Crippen LogP contribution in [0.1, 0.15) is 18.2 Å².